The summed E-state index contributed by atoms with van der Waals surface area (Å²) in [6, 6.07) is 8.13. The Hall–Kier alpha value is -1.22. The molecule has 1 aromatic carbocycles. The number of nitrogen functional groups attached to an aromatic ring is 1. The molecule has 0 atom stereocenters. The molecule has 16 heavy (non-hydrogen) atoms. The smallest absolute Gasteiger partial charge is 0.0600 e. The van der Waals surface area contributed by atoms with Gasteiger partial charge in [0.05, 0.1) is 11.4 Å². The molecule has 2 N–H and O–H groups in total. The quantitative estimate of drug-likeness (QED) is 0.731. The highest BCUT2D eigenvalue weighted by Crippen LogP contribution is 2.43. The van der Waals surface area contributed by atoms with E-state index < -0.39 is 0 Å². The average Bonchev–Trinajstić information content (AvgIpc) is 2.28. The van der Waals surface area contributed by atoms with Crippen molar-refractivity contribution in [3.63, 3.8) is 0 Å². The number of hydrogen-bond donors (Lipinski definition) is 1. The third kappa shape index (κ3) is 1.55. The lowest BCUT2D eigenvalue weighted by Crippen LogP contribution is -2.58. The maximum Gasteiger partial charge on any atom is 0.0600 e. The SMILES string of the molecule is Nc1ccccc1N1CC2(CCOCC2)C1. The minimum absolute atomic E-state index is 0.514. The first-order chi connectivity index (χ1) is 7.79. The summed E-state index contributed by atoms with van der Waals surface area (Å²) in [6.45, 7) is 4.14. The van der Waals surface area contributed by atoms with Gasteiger partial charge in [0.25, 0.3) is 0 Å². The standard InChI is InChI=1S/C13H18N2O/c14-11-3-1-2-4-12(11)15-9-13(10-15)5-7-16-8-6-13/h1-4H,5-10,14H2. The van der Waals surface area contributed by atoms with Crippen LogP contribution in [0.5, 0.6) is 0 Å². The van der Waals surface area contributed by atoms with Crippen LogP contribution in [0.1, 0.15) is 12.8 Å². The molecule has 1 spiro atoms. The summed E-state index contributed by atoms with van der Waals surface area (Å²) in [4.78, 5) is 2.39. The predicted octanol–water partition coefficient (Wildman–Crippen LogP) is 1.89. The van der Waals surface area contributed by atoms with Crippen molar-refractivity contribution in [1.82, 2.24) is 0 Å². The molecular formula is C13H18N2O. The molecule has 0 bridgehead atoms. The van der Waals surface area contributed by atoms with E-state index >= 15 is 0 Å². The van der Waals surface area contributed by atoms with E-state index in [1.165, 1.54) is 18.5 Å². The van der Waals surface area contributed by atoms with Crippen LogP contribution in [0.2, 0.25) is 0 Å². The highest BCUT2D eigenvalue weighted by atomic mass is 16.5. The summed E-state index contributed by atoms with van der Waals surface area (Å²) in [5.74, 6) is 0. The van der Waals surface area contributed by atoms with Crippen molar-refractivity contribution in [2.45, 2.75) is 12.8 Å². The van der Waals surface area contributed by atoms with Gasteiger partial charge in [0, 0.05) is 31.7 Å². The van der Waals surface area contributed by atoms with E-state index in [1.54, 1.807) is 0 Å². The zero-order valence-electron chi connectivity index (χ0n) is 9.48. The lowest BCUT2D eigenvalue weighted by molar-refractivity contribution is -0.000142. The fourth-order valence-electron chi connectivity index (χ4n) is 2.83. The Morgan fingerprint density at radius 3 is 2.50 bits per heavy atom. The van der Waals surface area contributed by atoms with Crippen LogP contribution in [0, 0.1) is 5.41 Å². The van der Waals surface area contributed by atoms with Gasteiger partial charge >= 0.3 is 0 Å². The van der Waals surface area contributed by atoms with Gasteiger partial charge in [0.1, 0.15) is 0 Å². The van der Waals surface area contributed by atoms with Gasteiger partial charge in [-0.25, -0.2) is 0 Å². The molecule has 0 saturated carbocycles. The molecule has 2 saturated heterocycles. The van der Waals surface area contributed by atoms with Gasteiger partial charge in [-0.3, -0.25) is 0 Å². The number of nitrogens with two attached hydrogens (primary N) is 1. The third-order valence-electron chi connectivity index (χ3n) is 3.88. The molecule has 3 rings (SSSR count). The van der Waals surface area contributed by atoms with Gasteiger partial charge < -0.3 is 15.4 Å². The second-order valence-electron chi connectivity index (χ2n) is 5.03. The Kier molecular flexibility index (Phi) is 2.28. The number of hydrogen-bond acceptors (Lipinski definition) is 3. The molecule has 0 radical (unpaired) electrons. The van der Waals surface area contributed by atoms with Gasteiger partial charge in [0.2, 0.25) is 0 Å². The van der Waals surface area contributed by atoms with Crippen LogP contribution in [0.15, 0.2) is 24.3 Å². The van der Waals surface area contributed by atoms with Crippen LogP contribution in [0.25, 0.3) is 0 Å². The number of nitrogens with zero attached hydrogens (tertiary/aromatic N) is 1. The van der Waals surface area contributed by atoms with Gasteiger partial charge in [-0.1, -0.05) is 12.1 Å². The first-order valence-corrected chi connectivity index (χ1v) is 5.96. The van der Waals surface area contributed by atoms with Crippen LogP contribution >= 0.6 is 0 Å². The van der Waals surface area contributed by atoms with E-state index in [0.717, 1.165) is 32.0 Å². The number of benzene rings is 1. The first kappa shape index (κ1) is 9.97. The Morgan fingerprint density at radius 1 is 1.12 bits per heavy atom. The van der Waals surface area contributed by atoms with E-state index in [2.05, 4.69) is 17.0 Å². The minimum atomic E-state index is 0.514. The molecule has 0 unspecified atom stereocenters. The van der Waals surface area contributed by atoms with Crippen LogP contribution in [0.4, 0.5) is 11.4 Å². The van der Waals surface area contributed by atoms with Crippen molar-refractivity contribution < 1.29 is 4.74 Å². The van der Waals surface area contributed by atoms with Crippen molar-refractivity contribution in [1.29, 1.82) is 0 Å². The largest absolute Gasteiger partial charge is 0.397 e. The summed E-state index contributed by atoms with van der Waals surface area (Å²) in [6.07, 6.45) is 2.41. The zero-order valence-corrected chi connectivity index (χ0v) is 9.48. The molecular weight excluding hydrogens is 200 g/mol. The normalized spacial score (nSPS) is 23.1. The monoisotopic (exact) mass is 218 g/mol. The highest BCUT2D eigenvalue weighted by Gasteiger charge is 2.44. The fourth-order valence-corrected chi connectivity index (χ4v) is 2.83. The number of para-hydroxylation sites is 2. The summed E-state index contributed by atoms with van der Waals surface area (Å²) >= 11 is 0. The Bertz CT molecular complexity index is 377. The molecule has 86 valence electrons. The zero-order chi connectivity index (χ0) is 11.0. The Morgan fingerprint density at radius 2 is 1.81 bits per heavy atom. The molecule has 0 aromatic heterocycles. The Labute approximate surface area is 96.2 Å². The van der Waals surface area contributed by atoms with Crippen molar-refractivity contribution >= 4 is 11.4 Å². The van der Waals surface area contributed by atoms with Gasteiger partial charge in [-0.2, -0.15) is 0 Å². The lowest BCUT2D eigenvalue weighted by atomic mass is 9.73. The second-order valence-corrected chi connectivity index (χ2v) is 5.03. The van der Waals surface area contributed by atoms with Gasteiger partial charge in [-0.05, 0) is 25.0 Å². The number of ether oxygens (including phenoxy) is 1. The molecule has 0 amide bonds. The van der Waals surface area contributed by atoms with E-state index in [1.807, 2.05) is 12.1 Å². The third-order valence-corrected chi connectivity index (χ3v) is 3.88. The van der Waals surface area contributed by atoms with Gasteiger partial charge in [-0.15, -0.1) is 0 Å². The van der Waals surface area contributed by atoms with E-state index in [0.29, 0.717) is 5.41 Å². The molecule has 2 aliphatic rings. The van der Waals surface area contributed by atoms with E-state index in [-0.39, 0.29) is 0 Å². The van der Waals surface area contributed by atoms with E-state index in [4.69, 9.17) is 10.5 Å². The van der Waals surface area contributed by atoms with Crippen molar-refractivity contribution in [2.24, 2.45) is 5.41 Å². The maximum atomic E-state index is 5.98. The minimum Gasteiger partial charge on any atom is -0.397 e. The van der Waals surface area contributed by atoms with Crippen LogP contribution < -0.4 is 10.6 Å². The number of anilines is 2. The Balaban J connectivity index is 1.71. The molecule has 1 aromatic rings. The molecule has 2 heterocycles. The average molecular weight is 218 g/mol. The fraction of sp³-hybridized carbons (Fsp3) is 0.538. The highest BCUT2D eigenvalue weighted by molar-refractivity contribution is 5.68. The second kappa shape index (κ2) is 3.67. The molecule has 0 aliphatic carbocycles. The van der Waals surface area contributed by atoms with Crippen molar-refractivity contribution in [3.8, 4) is 0 Å². The molecule has 3 nitrogen and oxygen atoms in total. The summed E-state index contributed by atoms with van der Waals surface area (Å²) in [5, 5.41) is 0. The van der Waals surface area contributed by atoms with E-state index in [9.17, 15) is 0 Å². The number of rotatable bonds is 1. The summed E-state index contributed by atoms with van der Waals surface area (Å²) in [7, 11) is 0. The first-order valence-electron chi connectivity index (χ1n) is 5.96. The van der Waals surface area contributed by atoms with Crippen LogP contribution in [-0.4, -0.2) is 26.3 Å². The molecule has 3 heteroatoms. The van der Waals surface area contributed by atoms with Gasteiger partial charge in [0.15, 0.2) is 0 Å². The van der Waals surface area contributed by atoms with Crippen molar-refractivity contribution in [3.05, 3.63) is 24.3 Å². The van der Waals surface area contributed by atoms with Crippen LogP contribution in [0.3, 0.4) is 0 Å². The summed E-state index contributed by atoms with van der Waals surface area (Å²) in [5.41, 5.74) is 8.58. The lowest BCUT2D eigenvalue weighted by Gasteiger charge is -2.53. The topological polar surface area (TPSA) is 38.5 Å². The summed E-state index contributed by atoms with van der Waals surface area (Å²) < 4.78 is 5.42. The van der Waals surface area contributed by atoms with Crippen molar-refractivity contribution in [2.75, 3.05) is 36.9 Å². The molecule has 2 fully saturated rings. The molecule has 2 aliphatic heterocycles. The maximum absolute atomic E-state index is 5.98. The van der Waals surface area contributed by atoms with Crippen LogP contribution in [-0.2, 0) is 4.74 Å². The predicted molar refractivity (Wildman–Crippen MR) is 65.6 cm³/mol.